The molecule has 32 heavy (non-hydrogen) atoms. The van der Waals surface area contributed by atoms with Crippen LogP contribution in [0.1, 0.15) is 31.3 Å². The summed E-state index contributed by atoms with van der Waals surface area (Å²) in [5.74, 6) is 1.53. The molecule has 2 aromatic carbocycles. The fourth-order valence-electron chi connectivity index (χ4n) is 3.63. The number of amides is 2. The third kappa shape index (κ3) is 4.24. The van der Waals surface area contributed by atoms with Crippen LogP contribution in [0.3, 0.4) is 0 Å². The summed E-state index contributed by atoms with van der Waals surface area (Å²) in [6.07, 6.45) is 1.67. The molecule has 8 heteroatoms. The van der Waals surface area contributed by atoms with E-state index in [-0.39, 0.29) is 6.03 Å². The molecule has 1 aliphatic heterocycles. The van der Waals surface area contributed by atoms with E-state index in [0.29, 0.717) is 29.9 Å². The topological polar surface area (TPSA) is 80.5 Å². The number of hydrogen-bond donors (Lipinski definition) is 1. The molecule has 0 bridgehead atoms. The number of allylic oxidation sites excluding steroid dienone is 1. The lowest BCUT2D eigenvalue weighted by molar-refractivity contribution is 0.209. The molecular formula is C24H23ClN4O3. The van der Waals surface area contributed by atoms with Crippen molar-refractivity contribution in [1.82, 2.24) is 20.4 Å². The molecule has 0 aliphatic carbocycles. The number of aromatic nitrogens is 2. The Kier molecular flexibility index (Phi) is 6.28. The van der Waals surface area contributed by atoms with Gasteiger partial charge in [-0.2, -0.15) is 4.98 Å². The van der Waals surface area contributed by atoms with Gasteiger partial charge in [-0.1, -0.05) is 35.0 Å². The molecule has 2 heterocycles. The van der Waals surface area contributed by atoms with Gasteiger partial charge in [0.25, 0.3) is 5.89 Å². The second kappa shape index (κ2) is 9.28. The monoisotopic (exact) mass is 450 g/mol. The number of halogens is 1. The lowest BCUT2D eigenvalue weighted by Gasteiger charge is -2.34. The average molecular weight is 451 g/mol. The summed E-state index contributed by atoms with van der Waals surface area (Å²) in [6.45, 7) is 8.49. The highest BCUT2D eigenvalue weighted by Gasteiger charge is 2.35. The summed E-state index contributed by atoms with van der Waals surface area (Å²) in [6, 6.07) is 14.1. The minimum absolute atomic E-state index is 0.220. The molecule has 4 rings (SSSR count). The maximum atomic E-state index is 12.8. The van der Waals surface area contributed by atoms with Crippen molar-refractivity contribution in [3.8, 4) is 17.1 Å². The highest BCUT2D eigenvalue weighted by molar-refractivity contribution is 6.30. The summed E-state index contributed by atoms with van der Waals surface area (Å²) < 4.78 is 11.2. The van der Waals surface area contributed by atoms with E-state index in [9.17, 15) is 4.79 Å². The van der Waals surface area contributed by atoms with Crippen molar-refractivity contribution < 1.29 is 14.1 Å². The molecular weight excluding hydrogens is 428 g/mol. The maximum Gasteiger partial charge on any atom is 0.322 e. The molecule has 1 aromatic heterocycles. The van der Waals surface area contributed by atoms with Gasteiger partial charge in [0.15, 0.2) is 0 Å². The number of carbonyl (C=O) groups excluding carboxylic acids is 1. The summed E-state index contributed by atoms with van der Waals surface area (Å²) in [4.78, 5) is 19.0. The van der Waals surface area contributed by atoms with E-state index in [4.69, 9.17) is 20.9 Å². The Labute approximate surface area is 191 Å². The summed E-state index contributed by atoms with van der Waals surface area (Å²) in [5, 5.41) is 7.82. The molecule has 0 saturated heterocycles. The van der Waals surface area contributed by atoms with E-state index in [1.807, 2.05) is 50.2 Å². The van der Waals surface area contributed by atoms with Crippen molar-refractivity contribution >= 4 is 23.2 Å². The van der Waals surface area contributed by atoms with Crippen LogP contribution < -0.4 is 10.1 Å². The van der Waals surface area contributed by atoms with Gasteiger partial charge in [0.1, 0.15) is 5.75 Å². The van der Waals surface area contributed by atoms with Crippen molar-refractivity contribution in [3.05, 3.63) is 83.4 Å². The number of carbonyl (C=O) groups is 1. The van der Waals surface area contributed by atoms with Crippen molar-refractivity contribution in [2.75, 3.05) is 13.2 Å². The number of urea groups is 1. The molecule has 1 N–H and O–H groups in total. The van der Waals surface area contributed by atoms with Crippen LogP contribution in [-0.4, -0.2) is 34.2 Å². The Hall–Kier alpha value is -3.58. The summed E-state index contributed by atoms with van der Waals surface area (Å²) in [7, 11) is 0. The van der Waals surface area contributed by atoms with E-state index in [1.54, 1.807) is 23.1 Å². The van der Waals surface area contributed by atoms with Gasteiger partial charge in [0, 0.05) is 22.8 Å². The van der Waals surface area contributed by atoms with Crippen molar-refractivity contribution in [2.45, 2.75) is 19.9 Å². The van der Waals surface area contributed by atoms with Crippen LogP contribution in [-0.2, 0) is 0 Å². The van der Waals surface area contributed by atoms with Crippen LogP contribution >= 0.6 is 11.6 Å². The smallest absolute Gasteiger partial charge is 0.322 e. The largest absolute Gasteiger partial charge is 0.494 e. The lowest BCUT2D eigenvalue weighted by atomic mass is 9.94. The van der Waals surface area contributed by atoms with Gasteiger partial charge in [-0.05, 0) is 55.8 Å². The standard InChI is InChI=1S/C24H23ClN4O3/c1-4-14-29-15(3)20(23-27-22(28-32-23)17-6-10-18(25)11-7-17)21(26-24(29)30)16-8-12-19(13-9-16)31-5-2/h4,6-13,21H,1,5,14H2,2-3H3,(H,26,30). The van der Waals surface area contributed by atoms with Gasteiger partial charge in [0.2, 0.25) is 5.82 Å². The Balaban J connectivity index is 1.77. The minimum Gasteiger partial charge on any atom is -0.494 e. The summed E-state index contributed by atoms with van der Waals surface area (Å²) >= 11 is 5.99. The van der Waals surface area contributed by atoms with Crippen LogP contribution in [0.4, 0.5) is 4.79 Å². The fourth-order valence-corrected chi connectivity index (χ4v) is 3.76. The molecule has 164 valence electrons. The zero-order valence-corrected chi connectivity index (χ0v) is 18.6. The van der Waals surface area contributed by atoms with Gasteiger partial charge in [-0.25, -0.2) is 4.79 Å². The predicted molar refractivity (Wildman–Crippen MR) is 123 cm³/mol. The van der Waals surface area contributed by atoms with Gasteiger partial charge in [0.05, 0.1) is 18.2 Å². The van der Waals surface area contributed by atoms with Gasteiger partial charge >= 0.3 is 6.03 Å². The number of nitrogens with zero attached hydrogens (tertiary/aromatic N) is 3. The number of benzene rings is 2. The Bertz CT molecular complexity index is 1150. The molecule has 3 aromatic rings. The number of ether oxygens (including phenoxy) is 1. The third-order valence-corrected chi connectivity index (χ3v) is 5.44. The third-order valence-electron chi connectivity index (χ3n) is 5.19. The zero-order valence-electron chi connectivity index (χ0n) is 17.8. The zero-order chi connectivity index (χ0) is 22.7. The molecule has 1 atom stereocenters. The van der Waals surface area contributed by atoms with E-state index in [2.05, 4.69) is 22.0 Å². The van der Waals surface area contributed by atoms with Crippen LogP contribution in [0, 0.1) is 0 Å². The average Bonchev–Trinajstić information content (AvgIpc) is 3.27. The Morgan fingerprint density at radius 2 is 1.94 bits per heavy atom. The Morgan fingerprint density at radius 1 is 1.22 bits per heavy atom. The van der Waals surface area contributed by atoms with Crippen LogP contribution in [0.15, 0.2) is 71.4 Å². The normalized spacial score (nSPS) is 16.2. The highest BCUT2D eigenvalue weighted by atomic mass is 35.5. The SMILES string of the molecule is C=CCN1C(=O)NC(c2ccc(OCC)cc2)C(c2nc(-c3ccc(Cl)cc3)no2)=C1C. The number of hydrogen-bond acceptors (Lipinski definition) is 5. The van der Waals surface area contributed by atoms with E-state index in [1.165, 1.54) is 0 Å². The van der Waals surface area contributed by atoms with E-state index in [0.717, 1.165) is 28.1 Å². The fraction of sp³-hybridized carbons (Fsp3) is 0.208. The first-order chi connectivity index (χ1) is 15.5. The first-order valence-electron chi connectivity index (χ1n) is 10.2. The molecule has 2 amide bonds. The van der Waals surface area contributed by atoms with Crippen LogP contribution in [0.2, 0.25) is 5.02 Å². The van der Waals surface area contributed by atoms with Crippen molar-refractivity contribution in [3.63, 3.8) is 0 Å². The quantitative estimate of drug-likeness (QED) is 0.482. The molecule has 1 unspecified atom stereocenters. The van der Waals surface area contributed by atoms with Crippen LogP contribution in [0.5, 0.6) is 5.75 Å². The molecule has 0 fully saturated rings. The first-order valence-corrected chi connectivity index (χ1v) is 10.6. The molecule has 0 saturated carbocycles. The maximum absolute atomic E-state index is 12.8. The second-order valence-electron chi connectivity index (χ2n) is 7.21. The molecule has 0 radical (unpaired) electrons. The highest BCUT2D eigenvalue weighted by Crippen LogP contribution is 2.37. The van der Waals surface area contributed by atoms with Crippen molar-refractivity contribution in [2.24, 2.45) is 0 Å². The van der Waals surface area contributed by atoms with Gasteiger partial charge in [-0.3, -0.25) is 4.90 Å². The van der Waals surface area contributed by atoms with Crippen molar-refractivity contribution in [1.29, 1.82) is 0 Å². The number of nitrogens with one attached hydrogen (secondary N) is 1. The van der Waals surface area contributed by atoms with Gasteiger partial charge in [-0.15, -0.1) is 6.58 Å². The molecule has 7 nitrogen and oxygen atoms in total. The van der Waals surface area contributed by atoms with E-state index < -0.39 is 6.04 Å². The van der Waals surface area contributed by atoms with E-state index >= 15 is 0 Å². The second-order valence-corrected chi connectivity index (χ2v) is 7.65. The molecule has 1 aliphatic rings. The minimum atomic E-state index is -0.460. The summed E-state index contributed by atoms with van der Waals surface area (Å²) in [5.41, 5.74) is 3.10. The van der Waals surface area contributed by atoms with Crippen LogP contribution in [0.25, 0.3) is 17.0 Å². The Morgan fingerprint density at radius 3 is 2.59 bits per heavy atom. The first kappa shape index (κ1) is 21.6. The molecule has 0 spiro atoms. The lowest BCUT2D eigenvalue weighted by Crippen LogP contribution is -2.46. The number of rotatable bonds is 7. The van der Waals surface area contributed by atoms with Gasteiger partial charge < -0.3 is 14.6 Å². The predicted octanol–water partition coefficient (Wildman–Crippen LogP) is 5.47.